The minimum Gasteiger partial charge on any atom is -0.298 e. The highest BCUT2D eigenvalue weighted by Crippen LogP contribution is 2.26. The van der Waals surface area contributed by atoms with Crippen molar-refractivity contribution < 1.29 is 0 Å². The van der Waals surface area contributed by atoms with E-state index in [4.69, 9.17) is 0 Å². The average molecular weight is 308 g/mol. The van der Waals surface area contributed by atoms with Crippen LogP contribution in [0, 0.1) is 5.92 Å². The van der Waals surface area contributed by atoms with Gasteiger partial charge in [0.05, 0.1) is 0 Å². The van der Waals surface area contributed by atoms with Crippen molar-refractivity contribution in [2.24, 2.45) is 5.92 Å². The summed E-state index contributed by atoms with van der Waals surface area (Å²) in [6.45, 7) is 5.92. The van der Waals surface area contributed by atoms with Crippen LogP contribution in [-0.2, 0) is 19.4 Å². The first-order chi connectivity index (χ1) is 8.72. The van der Waals surface area contributed by atoms with E-state index in [1.165, 1.54) is 44.3 Å². The molecule has 1 saturated heterocycles. The Morgan fingerprint density at radius 3 is 2.94 bits per heavy atom. The van der Waals surface area contributed by atoms with Crippen molar-refractivity contribution in [2.45, 2.75) is 44.0 Å². The fraction of sp³-hybridized carbons (Fsp3) is 0.625. The Morgan fingerprint density at radius 2 is 2.11 bits per heavy atom. The van der Waals surface area contributed by atoms with Crippen LogP contribution in [0.4, 0.5) is 0 Å². The van der Waals surface area contributed by atoms with E-state index in [-0.39, 0.29) is 0 Å². The van der Waals surface area contributed by atoms with E-state index in [0.717, 1.165) is 12.5 Å². The molecule has 1 aromatic rings. The largest absolute Gasteiger partial charge is 0.298 e. The molecule has 0 saturated carbocycles. The van der Waals surface area contributed by atoms with Gasteiger partial charge in [0, 0.05) is 17.9 Å². The number of hydrogen-bond acceptors (Lipinski definition) is 1. The summed E-state index contributed by atoms with van der Waals surface area (Å²) in [7, 11) is 0. The summed E-state index contributed by atoms with van der Waals surface area (Å²) in [5.41, 5.74) is 4.70. The zero-order valence-corrected chi connectivity index (χ0v) is 12.7. The van der Waals surface area contributed by atoms with Crippen molar-refractivity contribution in [1.29, 1.82) is 0 Å². The van der Waals surface area contributed by atoms with Gasteiger partial charge < -0.3 is 0 Å². The minimum atomic E-state index is 0.667. The molecule has 0 aromatic heterocycles. The van der Waals surface area contributed by atoms with Crippen molar-refractivity contribution in [1.82, 2.24) is 4.90 Å². The van der Waals surface area contributed by atoms with Crippen molar-refractivity contribution in [3.63, 3.8) is 0 Å². The second-order valence-electron chi connectivity index (χ2n) is 5.97. The Hall–Kier alpha value is -0.340. The third-order valence-corrected chi connectivity index (χ3v) is 5.71. The van der Waals surface area contributed by atoms with Crippen molar-refractivity contribution >= 4 is 15.9 Å². The van der Waals surface area contributed by atoms with Crippen LogP contribution in [0.25, 0.3) is 0 Å². The molecular formula is C16H22BrN. The highest BCUT2D eigenvalue weighted by atomic mass is 79.9. The van der Waals surface area contributed by atoms with Crippen LogP contribution in [0.1, 0.15) is 36.5 Å². The fourth-order valence-electron chi connectivity index (χ4n) is 3.21. The molecule has 2 unspecified atom stereocenters. The molecule has 1 aromatic carbocycles. The average Bonchev–Trinajstić information content (AvgIpc) is 2.81. The first-order valence-corrected chi connectivity index (χ1v) is 8.11. The Labute approximate surface area is 119 Å². The SMILES string of the molecule is CC1CCN(Cc2ccc3c(c2)CCC3)CC1Br. The minimum absolute atomic E-state index is 0.667. The van der Waals surface area contributed by atoms with Gasteiger partial charge in [-0.1, -0.05) is 41.1 Å². The Balaban J connectivity index is 1.66. The smallest absolute Gasteiger partial charge is 0.0299 e. The molecule has 2 atom stereocenters. The van der Waals surface area contributed by atoms with Gasteiger partial charge in [-0.2, -0.15) is 0 Å². The number of alkyl halides is 1. The molecule has 1 aliphatic carbocycles. The van der Waals surface area contributed by atoms with Gasteiger partial charge in [-0.05, 0) is 54.8 Å². The second-order valence-corrected chi connectivity index (χ2v) is 7.15. The third kappa shape index (κ3) is 2.65. The number of hydrogen-bond donors (Lipinski definition) is 0. The summed E-state index contributed by atoms with van der Waals surface area (Å²) < 4.78 is 0. The molecule has 0 spiro atoms. The molecule has 0 amide bonds. The number of nitrogens with zero attached hydrogens (tertiary/aromatic N) is 1. The van der Waals surface area contributed by atoms with Gasteiger partial charge in [0.25, 0.3) is 0 Å². The Kier molecular flexibility index (Phi) is 3.76. The number of aryl methyl sites for hydroxylation is 2. The molecule has 1 aliphatic heterocycles. The van der Waals surface area contributed by atoms with E-state index < -0.39 is 0 Å². The summed E-state index contributed by atoms with van der Waals surface area (Å²) in [6.07, 6.45) is 5.26. The highest BCUT2D eigenvalue weighted by Gasteiger charge is 2.24. The second kappa shape index (κ2) is 5.34. The van der Waals surface area contributed by atoms with E-state index in [1.54, 1.807) is 11.1 Å². The quantitative estimate of drug-likeness (QED) is 0.752. The van der Waals surface area contributed by atoms with Gasteiger partial charge in [-0.3, -0.25) is 4.90 Å². The molecule has 2 heteroatoms. The van der Waals surface area contributed by atoms with Crippen LogP contribution >= 0.6 is 15.9 Å². The number of likely N-dealkylation sites (tertiary alicyclic amines) is 1. The van der Waals surface area contributed by atoms with Crippen LogP contribution in [0.15, 0.2) is 18.2 Å². The van der Waals surface area contributed by atoms with E-state index in [9.17, 15) is 0 Å². The predicted molar refractivity (Wildman–Crippen MR) is 80.2 cm³/mol. The molecule has 1 heterocycles. The summed E-state index contributed by atoms with van der Waals surface area (Å²) >= 11 is 3.82. The van der Waals surface area contributed by atoms with Gasteiger partial charge in [-0.25, -0.2) is 0 Å². The van der Waals surface area contributed by atoms with Crippen LogP contribution < -0.4 is 0 Å². The molecular weight excluding hydrogens is 286 g/mol. The highest BCUT2D eigenvalue weighted by molar-refractivity contribution is 9.09. The van der Waals surface area contributed by atoms with Gasteiger partial charge in [0.1, 0.15) is 0 Å². The van der Waals surface area contributed by atoms with Gasteiger partial charge in [0.15, 0.2) is 0 Å². The molecule has 0 bridgehead atoms. The van der Waals surface area contributed by atoms with Crippen molar-refractivity contribution in [2.75, 3.05) is 13.1 Å². The van der Waals surface area contributed by atoms with E-state index in [0.29, 0.717) is 4.83 Å². The lowest BCUT2D eigenvalue weighted by molar-refractivity contribution is 0.194. The maximum Gasteiger partial charge on any atom is 0.0299 e. The Bertz CT molecular complexity index is 429. The molecule has 0 radical (unpaired) electrons. The first-order valence-electron chi connectivity index (χ1n) is 7.19. The number of rotatable bonds is 2. The van der Waals surface area contributed by atoms with Gasteiger partial charge >= 0.3 is 0 Å². The predicted octanol–water partition coefficient (Wildman–Crippen LogP) is 3.78. The van der Waals surface area contributed by atoms with Crippen LogP contribution in [0.2, 0.25) is 0 Å². The summed E-state index contributed by atoms with van der Waals surface area (Å²) in [6, 6.07) is 7.14. The zero-order valence-electron chi connectivity index (χ0n) is 11.2. The number of benzene rings is 1. The van der Waals surface area contributed by atoms with Crippen molar-refractivity contribution in [3.8, 4) is 0 Å². The normalized spacial score (nSPS) is 28.3. The molecule has 98 valence electrons. The van der Waals surface area contributed by atoms with E-state index >= 15 is 0 Å². The lowest BCUT2D eigenvalue weighted by atomic mass is 9.98. The molecule has 18 heavy (non-hydrogen) atoms. The molecule has 1 fully saturated rings. The maximum absolute atomic E-state index is 3.82. The topological polar surface area (TPSA) is 3.24 Å². The number of fused-ring (bicyclic) bond motifs is 1. The molecule has 3 rings (SSSR count). The summed E-state index contributed by atoms with van der Waals surface area (Å²) in [5.74, 6) is 0.821. The molecule has 0 N–H and O–H groups in total. The maximum atomic E-state index is 3.82. The van der Waals surface area contributed by atoms with Crippen LogP contribution in [0.5, 0.6) is 0 Å². The lowest BCUT2D eigenvalue weighted by Crippen LogP contribution is -2.39. The van der Waals surface area contributed by atoms with E-state index in [2.05, 4.69) is 46.0 Å². The van der Waals surface area contributed by atoms with Crippen LogP contribution in [0.3, 0.4) is 0 Å². The number of piperidine rings is 1. The summed E-state index contributed by atoms with van der Waals surface area (Å²) in [4.78, 5) is 3.26. The van der Waals surface area contributed by atoms with Crippen LogP contribution in [-0.4, -0.2) is 22.8 Å². The van der Waals surface area contributed by atoms with E-state index in [1.807, 2.05) is 0 Å². The zero-order chi connectivity index (χ0) is 12.5. The number of halogens is 1. The monoisotopic (exact) mass is 307 g/mol. The Morgan fingerprint density at radius 1 is 1.28 bits per heavy atom. The fourth-order valence-corrected chi connectivity index (χ4v) is 3.88. The first kappa shape index (κ1) is 12.7. The summed E-state index contributed by atoms with van der Waals surface area (Å²) in [5, 5.41) is 0. The third-order valence-electron chi connectivity index (χ3n) is 4.52. The standard InChI is InChI=1S/C16H22BrN/c1-12-7-8-18(11-16(12)17)10-13-5-6-14-3-2-4-15(14)9-13/h5-6,9,12,16H,2-4,7-8,10-11H2,1H3. The van der Waals surface area contributed by atoms with Crippen molar-refractivity contribution in [3.05, 3.63) is 34.9 Å². The van der Waals surface area contributed by atoms with Gasteiger partial charge in [-0.15, -0.1) is 0 Å². The molecule has 2 aliphatic rings. The molecule has 1 nitrogen and oxygen atoms in total. The van der Waals surface area contributed by atoms with Gasteiger partial charge in [0.2, 0.25) is 0 Å². The lowest BCUT2D eigenvalue weighted by Gasteiger charge is -2.34.